The molecule has 3 rings (SSSR count). The van der Waals surface area contributed by atoms with E-state index in [1.54, 1.807) is 0 Å². The molecule has 2 aromatic carbocycles. The SMILES string of the molecule is Cc1ccc(CN2CCCN(C(=O)c3ccccc3SCC(N)=O)CC2)cc1. The van der Waals surface area contributed by atoms with E-state index >= 15 is 0 Å². The van der Waals surface area contributed by atoms with Crippen LogP contribution in [-0.2, 0) is 11.3 Å². The first-order valence-electron chi connectivity index (χ1n) is 9.60. The molecule has 2 aromatic rings. The molecule has 0 spiro atoms. The van der Waals surface area contributed by atoms with E-state index in [1.807, 2.05) is 29.2 Å². The van der Waals surface area contributed by atoms with Gasteiger partial charge in [0.15, 0.2) is 0 Å². The number of nitrogens with two attached hydrogens (primary N) is 1. The lowest BCUT2D eigenvalue weighted by atomic mass is 10.1. The van der Waals surface area contributed by atoms with Gasteiger partial charge >= 0.3 is 0 Å². The first-order chi connectivity index (χ1) is 13.5. The molecule has 2 N–H and O–H groups in total. The predicted molar refractivity (Wildman–Crippen MR) is 113 cm³/mol. The first-order valence-corrected chi connectivity index (χ1v) is 10.6. The zero-order valence-electron chi connectivity index (χ0n) is 16.3. The molecule has 1 heterocycles. The molecule has 0 unspecified atom stereocenters. The number of amides is 2. The Balaban J connectivity index is 1.63. The molecule has 0 atom stereocenters. The summed E-state index contributed by atoms with van der Waals surface area (Å²) in [6.45, 7) is 6.30. The van der Waals surface area contributed by atoms with Gasteiger partial charge in [0.1, 0.15) is 0 Å². The van der Waals surface area contributed by atoms with Crippen molar-refractivity contribution in [3.63, 3.8) is 0 Å². The van der Waals surface area contributed by atoms with Crippen molar-refractivity contribution in [1.29, 1.82) is 0 Å². The van der Waals surface area contributed by atoms with Crippen LogP contribution in [0.3, 0.4) is 0 Å². The highest BCUT2D eigenvalue weighted by Gasteiger charge is 2.22. The summed E-state index contributed by atoms with van der Waals surface area (Å²) in [4.78, 5) is 29.4. The van der Waals surface area contributed by atoms with Crippen molar-refractivity contribution in [3.05, 3.63) is 65.2 Å². The quantitative estimate of drug-likeness (QED) is 0.761. The maximum atomic E-state index is 13.1. The molecule has 0 aliphatic carbocycles. The number of hydrogen-bond donors (Lipinski definition) is 1. The minimum Gasteiger partial charge on any atom is -0.369 e. The Hall–Kier alpha value is -2.31. The highest BCUT2D eigenvalue weighted by molar-refractivity contribution is 8.00. The van der Waals surface area contributed by atoms with E-state index in [2.05, 4.69) is 36.1 Å². The number of rotatable bonds is 6. The van der Waals surface area contributed by atoms with Gasteiger partial charge in [-0.25, -0.2) is 0 Å². The van der Waals surface area contributed by atoms with E-state index in [1.165, 1.54) is 22.9 Å². The Morgan fingerprint density at radius 3 is 2.50 bits per heavy atom. The molecule has 0 aromatic heterocycles. The summed E-state index contributed by atoms with van der Waals surface area (Å²) in [5.41, 5.74) is 8.48. The minimum absolute atomic E-state index is 0.0322. The standard InChI is InChI=1S/C22H27N3O2S/c1-17-7-9-18(10-8-17)15-24-11-4-12-25(14-13-24)22(27)19-5-2-3-6-20(19)28-16-21(23)26/h2-3,5-10H,4,11-16H2,1H3,(H2,23,26). The fourth-order valence-corrected chi connectivity index (χ4v) is 4.16. The lowest BCUT2D eigenvalue weighted by Gasteiger charge is -2.23. The van der Waals surface area contributed by atoms with Crippen LogP contribution in [0.1, 0.15) is 27.9 Å². The van der Waals surface area contributed by atoms with Gasteiger partial charge in [0.25, 0.3) is 5.91 Å². The van der Waals surface area contributed by atoms with E-state index < -0.39 is 0 Å². The Morgan fingerprint density at radius 1 is 1.00 bits per heavy atom. The van der Waals surface area contributed by atoms with Gasteiger partial charge in [-0.2, -0.15) is 0 Å². The van der Waals surface area contributed by atoms with E-state index in [4.69, 9.17) is 5.73 Å². The first kappa shape index (κ1) is 20.4. The maximum absolute atomic E-state index is 13.1. The lowest BCUT2D eigenvalue weighted by Crippen LogP contribution is -2.35. The molecule has 1 aliphatic rings. The van der Waals surface area contributed by atoms with Crippen LogP contribution in [0.5, 0.6) is 0 Å². The fourth-order valence-electron chi connectivity index (χ4n) is 3.37. The van der Waals surface area contributed by atoms with Gasteiger partial charge in [-0.15, -0.1) is 11.8 Å². The zero-order valence-corrected chi connectivity index (χ0v) is 17.1. The molecule has 28 heavy (non-hydrogen) atoms. The number of aryl methyl sites for hydroxylation is 1. The van der Waals surface area contributed by atoms with Gasteiger partial charge in [0.2, 0.25) is 5.91 Å². The normalized spacial score (nSPS) is 15.2. The molecule has 148 valence electrons. The van der Waals surface area contributed by atoms with Gasteiger partial charge in [0, 0.05) is 37.6 Å². The van der Waals surface area contributed by atoms with E-state index in [0.29, 0.717) is 12.1 Å². The van der Waals surface area contributed by atoms with E-state index in [9.17, 15) is 9.59 Å². The van der Waals surface area contributed by atoms with E-state index in [-0.39, 0.29) is 17.6 Å². The highest BCUT2D eigenvalue weighted by Crippen LogP contribution is 2.24. The molecule has 1 fully saturated rings. The van der Waals surface area contributed by atoms with Gasteiger partial charge in [0.05, 0.1) is 11.3 Å². The second-order valence-electron chi connectivity index (χ2n) is 7.16. The number of thioether (sulfide) groups is 1. The third-order valence-electron chi connectivity index (χ3n) is 4.89. The molecule has 5 nitrogen and oxygen atoms in total. The second-order valence-corrected chi connectivity index (χ2v) is 8.18. The molecule has 0 bridgehead atoms. The van der Waals surface area contributed by atoms with Crippen molar-refractivity contribution in [2.24, 2.45) is 5.73 Å². The van der Waals surface area contributed by atoms with Crippen LogP contribution in [0.2, 0.25) is 0 Å². The van der Waals surface area contributed by atoms with Crippen LogP contribution < -0.4 is 5.73 Å². The predicted octanol–water partition coefficient (Wildman–Crippen LogP) is 2.92. The summed E-state index contributed by atoms with van der Waals surface area (Å²) in [6.07, 6.45) is 0.953. The zero-order chi connectivity index (χ0) is 19.9. The molecule has 2 amide bonds. The molecular formula is C22H27N3O2S. The smallest absolute Gasteiger partial charge is 0.255 e. The van der Waals surface area contributed by atoms with Crippen molar-refractivity contribution in [2.45, 2.75) is 24.8 Å². The van der Waals surface area contributed by atoms with Crippen molar-refractivity contribution < 1.29 is 9.59 Å². The summed E-state index contributed by atoms with van der Waals surface area (Å²) >= 11 is 1.32. The average Bonchev–Trinajstić information content (AvgIpc) is 2.93. The average molecular weight is 398 g/mol. The maximum Gasteiger partial charge on any atom is 0.255 e. The van der Waals surface area contributed by atoms with E-state index in [0.717, 1.165) is 37.5 Å². The monoisotopic (exact) mass is 397 g/mol. The van der Waals surface area contributed by atoms with Crippen molar-refractivity contribution >= 4 is 23.6 Å². The van der Waals surface area contributed by atoms with Crippen molar-refractivity contribution in [1.82, 2.24) is 9.80 Å². The molecule has 1 saturated heterocycles. The highest BCUT2D eigenvalue weighted by atomic mass is 32.2. The van der Waals surface area contributed by atoms with Gasteiger partial charge in [-0.1, -0.05) is 42.0 Å². The van der Waals surface area contributed by atoms with Crippen LogP contribution in [-0.4, -0.2) is 53.5 Å². The van der Waals surface area contributed by atoms with Crippen LogP contribution in [0, 0.1) is 6.92 Å². The summed E-state index contributed by atoms with van der Waals surface area (Å²) in [5.74, 6) is -0.173. The Bertz CT molecular complexity index is 823. The number of carbonyl (C=O) groups is 2. The molecule has 0 radical (unpaired) electrons. The Labute approximate surface area is 170 Å². The van der Waals surface area contributed by atoms with Gasteiger partial charge in [-0.05, 0) is 31.0 Å². The largest absolute Gasteiger partial charge is 0.369 e. The Morgan fingerprint density at radius 2 is 1.75 bits per heavy atom. The van der Waals surface area contributed by atoms with Crippen LogP contribution in [0.25, 0.3) is 0 Å². The van der Waals surface area contributed by atoms with Gasteiger partial charge < -0.3 is 10.6 Å². The number of nitrogens with zero attached hydrogens (tertiary/aromatic N) is 2. The van der Waals surface area contributed by atoms with Crippen molar-refractivity contribution in [3.8, 4) is 0 Å². The third-order valence-corrected chi connectivity index (χ3v) is 5.99. The molecule has 6 heteroatoms. The topological polar surface area (TPSA) is 66.6 Å². The number of benzene rings is 2. The molecule has 1 aliphatic heterocycles. The van der Waals surface area contributed by atoms with Gasteiger partial charge in [-0.3, -0.25) is 14.5 Å². The van der Waals surface area contributed by atoms with Crippen LogP contribution >= 0.6 is 11.8 Å². The number of primary amides is 1. The summed E-state index contributed by atoms with van der Waals surface area (Å²) < 4.78 is 0. The second kappa shape index (κ2) is 9.75. The van der Waals surface area contributed by atoms with Crippen molar-refractivity contribution in [2.75, 3.05) is 31.9 Å². The summed E-state index contributed by atoms with van der Waals surface area (Å²) in [7, 11) is 0. The van der Waals surface area contributed by atoms with Crippen LogP contribution in [0.15, 0.2) is 53.4 Å². The molecular weight excluding hydrogens is 370 g/mol. The van der Waals surface area contributed by atoms with Crippen LogP contribution in [0.4, 0.5) is 0 Å². The summed E-state index contributed by atoms with van der Waals surface area (Å²) in [6, 6.07) is 16.1. The third kappa shape index (κ3) is 5.59. The number of carbonyl (C=O) groups excluding carboxylic acids is 2. The number of hydrogen-bond acceptors (Lipinski definition) is 4. The Kier molecular flexibility index (Phi) is 7.12. The minimum atomic E-state index is -0.381. The molecule has 0 saturated carbocycles. The summed E-state index contributed by atoms with van der Waals surface area (Å²) in [5, 5.41) is 0. The fraction of sp³-hybridized carbons (Fsp3) is 0.364. The lowest BCUT2D eigenvalue weighted by molar-refractivity contribution is -0.115.